The highest BCUT2D eigenvalue weighted by Gasteiger charge is 2.25. The van der Waals surface area contributed by atoms with E-state index in [0.717, 1.165) is 0 Å². The highest BCUT2D eigenvalue weighted by molar-refractivity contribution is 8.19. The molecule has 0 aliphatic carbocycles. The normalized spacial score (nSPS) is 12.7. The van der Waals surface area contributed by atoms with Crippen molar-refractivity contribution in [2.24, 2.45) is 20.5 Å². The molecule has 8 N–H and O–H groups in total. The summed E-state index contributed by atoms with van der Waals surface area (Å²) in [6.07, 6.45) is 0. The van der Waals surface area contributed by atoms with E-state index >= 15 is 0 Å². The Balaban J connectivity index is 1.56. The Kier molecular flexibility index (Phi) is 8.39. The van der Waals surface area contributed by atoms with Crippen molar-refractivity contribution in [3.05, 3.63) is 90.0 Å². The van der Waals surface area contributed by atoms with E-state index in [1.54, 1.807) is 66.7 Å². The van der Waals surface area contributed by atoms with E-state index in [2.05, 4.69) is 30.2 Å². The third-order valence-corrected chi connectivity index (χ3v) is 7.18. The molecule has 0 unspecified atom stereocenters. The van der Waals surface area contributed by atoms with Crippen molar-refractivity contribution >= 4 is 60.9 Å². The van der Waals surface area contributed by atoms with Crippen LogP contribution in [0.15, 0.2) is 104 Å². The standard InChI is InChI=1S/C28H25N5O8S/c29-19-6-5-18-12-26(42(37,38)39)27(28(34)23(18)13-19)33-32-25-8-7-24(21-3-1-2-4-22(21)25)31-30-20-10-16(14-40-35)9-17(11-20)15-41-36/h1-13,34-39H,14-15,29H2. The molecule has 0 aliphatic heterocycles. The molecule has 0 heterocycles. The third-order valence-electron chi connectivity index (χ3n) is 6.28. The van der Waals surface area contributed by atoms with Gasteiger partial charge in [0.2, 0.25) is 0 Å². The molecule has 0 fully saturated rings. The van der Waals surface area contributed by atoms with Crippen LogP contribution in [0, 0.1) is 0 Å². The molecular formula is C28H25N5O8S. The second-order valence-electron chi connectivity index (χ2n) is 9.18. The lowest BCUT2D eigenvalue weighted by molar-refractivity contribution is -0.254. The number of rotatable bonds is 9. The van der Waals surface area contributed by atoms with Crippen LogP contribution >= 0.6 is 10.9 Å². The number of phenolic OH excluding ortho intramolecular Hbond substituents is 1. The van der Waals surface area contributed by atoms with E-state index in [1.165, 1.54) is 12.1 Å². The lowest BCUT2D eigenvalue weighted by atomic mass is 10.1. The van der Waals surface area contributed by atoms with Crippen molar-refractivity contribution in [3.63, 3.8) is 0 Å². The van der Waals surface area contributed by atoms with Gasteiger partial charge in [0.1, 0.15) is 29.8 Å². The van der Waals surface area contributed by atoms with Gasteiger partial charge in [-0.2, -0.15) is 5.11 Å². The molecule has 5 aromatic rings. The van der Waals surface area contributed by atoms with E-state index in [0.29, 0.717) is 55.4 Å². The number of phenols is 1. The molecule has 0 saturated carbocycles. The van der Waals surface area contributed by atoms with Crippen molar-refractivity contribution < 1.29 is 39.1 Å². The zero-order valence-corrected chi connectivity index (χ0v) is 22.5. The number of aromatic hydroxyl groups is 1. The molecular weight excluding hydrogens is 566 g/mol. The molecule has 0 amide bonds. The molecule has 0 bridgehead atoms. The number of nitrogens with two attached hydrogens (primary N) is 1. The number of nitrogen functional groups attached to an aromatic ring is 1. The fraction of sp³-hybridized carbons (Fsp3) is 0.0714. The maximum atomic E-state index is 10.9. The highest BCUT2D eigenvalue weighted by Crippen LogP contribution is 2.54. The predicted molar refractivity (Wildman–Crippen MR) is 157 cm³/mol. The summed E-state index contributed by atoms with van der Waals surface area (Å²) < 4.78 is 30.2. The van der Waals surface area contributed by atoms with E-state index in [1.807, 2.05) is 0 Å². The first kappa shape index (κ1) is 29.0. The summed E-state index contributed by atoms with van der Waals surface area (Å²) in [6.45, 7) is -0.199. The quantitative estimate of drug-likeness (QED) is 0.0377. The average molecular weight is 592 g/mol. The molecule has 5 rings (SSSR count). The Labute approximate surface area is 239 Å². The molecule has 0 radical (unpaired) electrons. The number of hydrogen-bond donors (Lipinski definition) is 7. The average Bonchev–Trinajstić information content (AvgIpc) is 2.96. The number of hydrogen-bond acceptors (Lipinski definition) is 13. The van der Waals surface area contributed by atoms with Gasteiger partial charge in [0.25, 0.3) is 0 Å². The maximum absolute atomic E-state index is 10.9. The number of nitrogens with zero attached hydrogens (tertiary/aromatic N) is 4. The van der Waals surface area contributed by atoms with Crippen LogP contribution in [0.4, 0.5) is 28.4 Å². The fourth-order valence-corrected chi connectivity index (χ4v) is 5.12. The minimum absolute atomic E-state index is 0.0995. The first-order valence-corrected chi connectivity index (χ1v) is 13.7. The fourth-order valence-electron chi connectivity index (χ4n) is 4.44. The lowest BCUT2D eigenvalue weighted by Gasteiger charge is -2.22. The highest BCUT2D eigenvalue weighted by atomic mass is 32.3. The molecule has 0 aliphatic rings. The van der Waals surface area contributed by atoms with Gasteiger partial charge in [-0.05, 0) is 59.0 Å². The minimum atomic E-state index is -4.27. The molecule has 42 heavy (non-hydrogen) atoms. The molecule has 5 aromatic carbocycles. The summed E-state index contributed by atoms with van der Waals surface area (Å²) in [7, 11) is -4.27. The number of fused-ring (bicyclic) bond motifs is 2. The summed E-state index contributed by atoms with van der Waals surface area (Å²) in [4.78, 5) is 8.02. The zero-order chi connectivity index (χ0) is 29.9. The van der Waals surface area contributed by atoms with E-state index < -0.39 is 21.5 Å². The summed E-state index contributed by atoms with van der Waals surface area (Å²) in [5, 5.41) is 47.6. The van der Waals surface area contributed by atoms with Crippen LogP contribution in [0.25, 0.3) is 21.5 Å². The number of anilines is 1. The SMILES string of the molecule is Nc1ccc2cc(S(O)(O)O)c(N=Nc3ccc(N=Nc4cc(COO)cc(COO)c4)c4ccccc34)c(O)c2c1. The smallest absolute Gasteiger partial charge is 0.152 e. The van der Waals surface area contributed by atoms with Crippen LogP contribution in [-0.4, -0.2) is 29.3 Å². The molecule has 0 atom stereocenters. The van der Waals surface area contributed by atoms with Gasteiger partial charge in [-0.25, -0.2) is 9.78 Å². The van der Waals surface area contributed by atoms with E-state index in [9.17, 15) is 18.8 Å². The first-order valence-electron chi connectivity index (χ1n) is 12.2. The summed E-state index contributed by atoms with van der Waals surface area (Å²) in [5.74, 6) is -0.429. The first-order chi connectivity index (χ1) is 20.2. The topological polar surface area (TPSA) is 215 Å². The van der Waals surface area contributed by atoms with Crippen LogP contribution in [-0.2, 0) is 23.0 Å². The van der Waals surface area contributed by atoms with Crippen LogP contribution in [0.2, 0.25) is 0 Å². The molecule has 0 saturated heterocycles. The zero-order valence-electron chi connectivity index (χ0n) is 21.7. The Hall–Kier alpha value is -4.51. The second kappa shape index (κ2) is 12.2. The second-order valence-corrected chi connectivity index (χ2v) is 10.7. The van der Waals surface area contributed by atoms with Gasteiger partial charge in [0, 0.05) is 21.8 Å². The third kappa shape index (κ3) is 6.20. The van der Waals surface area contributed by atoms with Crippen LogP contribution in [0.5, 0.6) is 5.75 Å². The van der Waals surface area contributed by atoms with Crippen molar-refractivity contribution in [2.45, 2.75) is 18.1 Å². The van der Waals surface area contributed by atoms with Gasteiger partial charge in [-0.15, -0.1) is 15.3 Å². The summed E-state index contributed by atoms with van der Waals surface area (Å²) in [6, 6.07) is 21.4. The van der Waals surface area contributed by atoms with E-state index in [4.69, 9.17) is 16.2 Å². The van der Waals surface area contributed by atoms with Crippen molar-refractivity contribution in [3.8, 4) is 5.75 Å². The number of azo groups is 2. The van der Waals surface area contributed by atoms with Crippen LogP contribution in [0.1, 0.15) is 11.1 Å². The van der Waals surface area contributed by atoms with Gasteiger partial charge in [0.05, 0.1) is 22.0 Å². The number of benzene rings is 5. The Morgan fingerprint density at radius 1 is 0.667 bits per heavy atom. The largest absolute Gasteiger partial charge is 0.505 e. The van der Waals surface area contributed by atoms with Crippen LogP contribution in [0.3, 0.4) is 0 Å². The lowest BCUT2D eigenvalue weighted by Crippen LogP contribution is -1.97. The molecule has 216 valence electrons. The Morgan fingerprint density at radius 3 is 1.83 bits per heavy atom. The predicted octanol–water partition coefficient (Wildman–Crippen LogP) is 8.67. The molecule has 0 aromatic heterocycles. The maximum Gasteiger partial charge on any atom is 0.152 e. The van der Waals surface area contributed by atoms with Crippen molar-refractivity contribution in [1.82, 2.24) is 0 Å². The van der Waals surface area contributed by atoms with Gasteiger partial charge >= 0.3 is 0 Å². The van der Waals surface area contributed by atoms with Gasteiger partial charge < -0.3 is 24.5 Å². The monoisotopic (exact) mass is 591 g/mol. The molecule has 0 spiro atoms. The summed E-state index contributed by atoms with van der Waals surface area (Å²) in [5.41, 5.74) is 8.34. The van der Waals surface area contributed by atoms with Gasteiger partial charge in [-0.3, -0.25) is 10.5 Å². The van der Waals surface area contributed by atoms with E-state index in [-0.39, 0.29) is 18.9 Å². The Morgan fingerprint density at radius 2 is 1.26 bits per heavy atom. The van der Waals surface area contributed by atoms with Crippen LogP contribution < -0.4 is 5.73 Å². The minimum Gasteiger partial charge on any atom is -0.505 e. The van der Waals surface area contributed by atoms with Gasteiger partial charge in [0.15, 0.2) is 5.75 Å². The van der Waals surface area contributed by atoms with Crippen molar-refractivity contribution in [2.75, 3.05) is 5.73 Å². The van der Waals surface area contributed by atoms with Gasteiger partial charge in [-0.1, -0.05) is 36.4 Å². The molecule has 14 heteroatoms. The van der Waals surface area contributed by atoms with Crippen molar-refractivity contribution in [1.29, 1.82) is 0 Å². The Bertz CT molecular complexity index is 1820. The summed E-state index contributed by atoms with van der Waals surface area (Å²) >= 11 is 0. The molecule has 13 nitrogen and oxygen atoms in total.